The molecule has 0 unspecified atom stereocenters. The van der Waals surface area contributed by atoms with Crippen molar-refractivity contribution < 1.29 is 5.11 Å². The Morgan fingerprint density at radius 1 is 1.28 bits per heavy atom. The first-order valence-corrected chi connectivity index (χ1v) is 6.43. The van der Waals surface area contributed by atoms with Crippen LogP contribution in [-0.2, 0) is 6.54 Å². The Bertz CT molecular complexity index is 525. The summed E-state index contributed by atoms with van der Waals surface area (Å²) in [7, 11) is 0. The quantitative estimate of drug-likeness (QED) is 0.877. The maximum atomic E-state index is 9.06. The number of fused-ring (bicyclic) bond motifs is 1. The van der Waals surface area contributed by atoms with Crippen molar-refractivity contribution in [2.45, 2.75) is 20.4 Å². The summed E-state index contributed by atoms with van der Waals surface area (Å²) < 4.78 is 0. The third-order valence-corrected chi connectivity index (χ3v) is 3.19. The largest absolute Gasteiger partial charge is 0.395 e. The molecule has 2 rings (SSSR count). The smallest absolute Gasteiger partial charge is 0.0708 e. The molecular formula is C15H20N2O. The minimum atomic E-state index is 0.204. The first-order valence-electron chi connectivity index (χ1n) is 6.43. The van der Waals surface area contributed by atoms with Crippen LogP contribution in [0.2, 0.25) is 0 Å². The van der Waals surface area contributed by atoms with Crippen LogP contribution in [0.4, 0.5) is 0 Å². The molecule has 1 N–H and O–H groups in total. The van der Waals surface area contributed by atoms with Crippen molar-refractivity contribution in [3.63, 3.8) is 0 Å². The van der Waals surface area contributed by atoms with Gasteiger partial charge in [-0.2, -0.15) is 0 Å². The molecule has 0 spiro atoms. The molecule has 1 aromatic heterocycles. The Morgan fingerprint density at radius 2 is 2.06 bits per heavy atom. The van der Waals surface area contributed by atoms with Crippen LogP contribution in [0.25, 0.3) is 10.9 Å². The summed E-state index contributed by atoms with van der Waals surface area (Å²) in [6.07, 6.45) is 0. The number of aryl methyl sites for hydroxylation is 1. The lowest BCUT2D eigenvalue weighted by molar-refractivity contribution is 0.197. The van der Waals surface area contributed by atoms with Gasteiger partial charge in [-0.05, 0) is 31.2 Å². The molecule has 0 atom stereocenters. The van der Waals surface area contributed by atoms with Gasteiger partial charge in [0.05, 0.1) is 12.1 Å². The number of likely N-dealkylation sites (N-methyl/N-ethyl adjacent to an activating group) is 1. The van der Waals surface area contributed by atoms with Crippen molar-refractivity contribution >= 4 is 10.9 Å². The van der Waals surface area contributed by atoms with Crippen LogP contribution in [-0.4, -0.2) is 34.7 Å². The number of nitrogens with zero attached hydrogens (tertiary/aromatic N) is 2. The van der Waals surface area contributed by atoms with E-state index in [1.807, 2.05) is 25.1 Å². The van der Waals surface area contributed by atoms with E-state index in [1.165, 1.54) is 10.9 Å². The fraction of sp³-hybridized carbons (Fsp3) is 0.400. The van der Waals surface area contributed by atoms with Crippen LogP contribution in [0.1, 0.15) is 18.2 Å². The van der Waals surface area contributed by atoms with Gasteiger partial charge in [0.25, 0.3) is 0 Å². The fourth-order valence-electron chi connectivity index (χ4n) is 2.26. The van der Waals surface area contributed by atoms with Crippen LogP contribution in [0.5, 0.6) is 0 Å². The number of aromatic nitrogens is 1. The molecule has 0 fully saturated rings. The minimum Gasteiger partial charge on any atom is -0.395 e. The van der Waals surface area contributed by atoms with Crippen molar-refractivity contribution in [1.29, 1.82) is 0 Å². The van der Waals surface area contributed by atoms with E-state index in [9.17, 15) is 0 Å². The summed E-state index contributed by atoms with van der Waals surface area (Å²) in [6, 6.07) is 10.4. The van der Waals surface area contributed by atoms with Gasteiger partial charge in [0, 0.05) is 24.2 Å². The number of benzene rings is 1. The Morgan fingerprint density at radius 3 is 2.78 bits per heavy atom. The number of aliphatic hydroxyl groups is 1. The highest BCUT2D eigenvalue weighted by Gasteiger charge is 2.07. The molecule has 0 aliphatic rings. The van der Waals surface area contributed by atoms with Gasteiger partial charge in [-0.3, -0.25) is 9.88 Å². The Balaban J connectivity index is 2.37. The number of pyridine rings is 1. The molecule has 3 heteroatoms. The van der Waals surface area contributed by atoms with Crippen LogP contribution >= 0.6 is 0 Å². The molecule has 96 valence electrons. The Labute approximate surface area is 108 Å². The molecule has 0 amide bonds. The van der Waals surface area contributed by atoms with Crippen molar-refractivity contribution in [3.8, 4) is 0 Å². The molecule has 1 heterocycles. The first kappa shape index (κ1) is 13.0. The molecule has 0 saturated carbocycles. The summed E-state index contributed by atoms with van der Waals surface area (Å²) in [5.41, 5.74) is 3.38. The predicted molar refractivity (Wildman–Crippen MR) is 74.5 cm³/mol. The molecule has 0 aliphatic carbocycles. The fourth-order valence-corrected chi connectivity index (χ4v) is 2.26. The lowest BCUT2D eigenvalue weighted by Gasteiger charge is -2.20. The highest BCUT2D eigenvalue weighted by molar-refractivity contribution is 5.82. The van der Waals surface area contributed by atoms with E-state index >= 15 is 0 Å². The second-order valence-electron chi connectivity index (χ2n) is 4.53. The zero-order valence-electron chi connectivity index (χ0n) is 11.1. The molecule has 2 aromatic rings. The Hall–Kier alpha value is -1.45. The van der Waals surface area contributed by atoms with E-state index in [4.69, 9.17) is 5.11 Å². The molecule has 1 aromatic carbocycles. The third kappa shape index (κ3) is 2.86. The van der Waals surface area contributed by atoms with E-state index < -0.39 is 0 Å². The summed E-state index contributed by atoms with van der Waals surface area (Å²) in [5, 5.41) is 10.3. The average Bonchev–Trinajstić information content (AvgIpc) is 2.38. The second-order valence-corrected chi connectivity index (χ2v) is 4.53. The van der Waals surface area contributed by atoms with Gasteiger partial charge in [-0.25, -0.2) is 0 Å². The van der Waals surface area contributed by atoms with E-state index in [0.29, 0.717) is 6.54 Å². The summed E-state index contributed by atoms with van der Waals surface area (Å²) in [6.45, 7) is 6.86. The SMILES string of the molecule is CCN(CCO)Cc1cc(C)nc2ccccc12. The van der Waals surface area contributed by atoms with Gasteiger partial charge in [0.1, 0.15) is 0 Å². The number of aliphatic hydroxyl groups excluding tert-OH is 1. The van der Waals surface area contributed by atoms with E-state index in [0.717, 1.165) is 24.3 Å². The zero-order chi connectivity index (χ0) is 13.0. The van der Waals surface area contributed by atoms with E-state index in [-0.39, 0.29) is 6.61 Å². The van der Waals surface area contributed by atoms with Gasteiger partial charge >= 0.3 is 0 Å². The van der Waals surface area contributed by atoms with Crippen LogP contribution in [0.3, 0.4) is 0 Å². The monoisotopic (exact) mass is 244 g/mol. The number of para-hydroxylation sites is 1. The average molecular weight is 244 g/mol. The molecule has 0 bridgehead atoms. The van der Waals surface area contributed by atoms with Crippen LogP contribution < -0.4 is 0 Å². The molecule has 0 aliphatic heterocycles. The van der Waals surface area contributed by atoms with Crippen molar-refractivity contribution in [3.05, 3.63) is 41.6 Å². The normalized spacial score (nSPS) is 11.3. The van der Waals surface area contributed by atoms with E-state index in [1.54, 1.807) is 0 Å². The summed E-state index contributed by atoms with van der Waals surface area (Å²) >= 11 is 0. The molecular weight excluding hydrogens is 224 g/mol. The lowest BCUT2D eigenvalue weighted by Crippen LogP contribution is -2.26. The molecule has 0 radical (unpaired) electrons. The number of rotatable bonds is 5. The lowest BCUT2D eigenvalue weighted by atomic mass is 10.1. The maximum Gasteiger partial charge on any atom is 0.0708 e. The highest BCUT2D eigenvalue weighted by atomic mass is 16.3. The van der Waals surface area contributed by atoms with Crippen LogP contribution in [0, 0.1) is 6.92 Å². The standard InChI is InChI=1S/C15H20N2O/c1-3-17(8-9-18)11-13-10-12(2)16-15-7-5-4-6-14(13)15/h4-7,10,18H,3,8-9,11H2,1-2H3. The van der Waals surface area contributed by atoms with E-state index in [2.05, 4.69) is 28.9 Å². The Kier molecular flexibility index (Phi) is 4.28. The summed E-state index contributed by atoms with van der Waals surface area (Å²) in [4.78, 5) is 6.78. The van der Waals surface area contributed by atoms with Gasteiger partial charge in [0.15, 0.2) is 0 Å². The highest BCUT2D eigenvalue weighted by Crippen LogP contribution is 2.19. The van der Waals surface area contributed by atoms with Gasteiger partial charge in [-0.1, -0.05) is 25.1 Å². The third-order valence-electron chi connectivity index (χ3n) is 3.19. The maximum absolute atomic E-state index is 9.06. The molecule has 0 saturated heterocycles. The predicted octanol–water partition coefficient (Wildman–Crippen LogP) is 2.36. The van der Waals surface area contributed by atoms with Crippen molar-refractivity contribution in [1.82, 2.24) is 9.88 Å². The summed E-state index contributed by atoms with van der Waals surface area (Å²) in [5.74, 6) is 0. The van der Waals surface area contributed by atoms with Gasteiger partial charge < -0.3 is 5.11 Å². The first-order chi connectivity index (χ1) is 8.74. The van der Waals surface area contributed by atoms with Gasteiger partial charge in [0.2, 0.25) is 0 Å². The van der Waals surface area contributed by atoms with Gasteiger partial charge in [-0.15, -0.1) is 0 Å². The zero-order valence-corrected chi connectivity index (χ0v) is 11.1. The molecule has 18 heavy (non-hydrogen) atoms. The van der Waals surface area contributed by atoms with Crippen molar-refractivity contribution in [2.24, 2.45) is 0 Å². The number of hydrogen-bond acceptors (Lipinski definition) is 3. The topological polar surface area (TPSA) is 36.4 Å². The number of hydrogen-bond donors (Lipinski definition) is 1. The molecule has 3 nitrogen and oxygen atoms in total. The van der Waals surface area contributed by atoms with Crippen LogP contribution in [0.15, 0.2) is 30.3 Å². The van der Waals surface area contributed by atoms with Crippen molar-refractivity contribution in [2.75, 3.05) is 19.7 Å². The second kappa shape index (κ2) is 5.94. The minimum absolute atomic E-state index is 0.204.